The third-order valence-electron chi connectivity index (χ3n) is 4.87. The number of sulfonamides is 1. The molecule has 26 heavy (non-hydrogen) atoms. The highest BCUT2D eigenvalue weighted by molar-refractivity contribution is 7.89. The van der Waals surface area contributed by atoms with Crippen LogP contribution in [0.3, 0.4) is 0 Å². The van der Waals surface area contributed by atoms with Crippen LogP contribution in [0, 0.1) is 11.6 Å². The van der Waals surface area contributed by atoms with Crippen molar-refractivity contribution in [3.05, 3.63) is 51.7 Å². The summed E-state index contributed by atoms with van der Waals surface area (Å²) >= 11 is 1.48. The van der Waals surface area contributed by atoms with Crippen LogP contribution in [0.1, 0.15) is 48.5 Å². The Balaban J connectivity index is 1.84. The van der Waals surface area contributed by atoms with Crippen molar-refractivity contribution in [1.29, 1.82) is 0 Å². The maximum absolute atomic E-state index is 13.4. The van der Waals surface area contributed by atoms with Gasteiger partial charge in [-0.3, -0.25) is 0 Å². The second-order valence-corrected chi connectivity index (χ2v) is 9.68. The predicted octanol–water partition coefficient (Wildman–Crippen LogP) is 3.87. The highest BCUT2D eigenvalue weighted by atomic mass is 32.2. The van der Waals surface area contributed by atoms with Gasteiger partial charge in [-0.25, -0.2) is 21.9 Å². The zero-order valence-electron chi connectivity index (χ0n) is 14.3. The fraction of sp³-hybridized carbons (Fsp3) is 0.444. The molecule has 1 aromatic carbocycles. The van der Waals surface area contributed by atoms with E-state index in [0.29, 0.717) is 6.07 Å². The van der Waals surface area contributed by atoms with Crippen LogP contribution in [0.4, 0.5) is 8.78 Å². The highest BCUT2D eigenvalue weighted by Crippen LogP contribution is 2.44. The van der Waals surface area contributed by atoms with Crippen molar-refractivity contribution in [2.45, 2.75) is 49.0 Å². The number of thiophene rings is 1. The Kier molecular flexibility index (Phi) is 5.48. The summed E-state index contributed by atoms with van der Waals surface area (Å²) in [6.45, 7) is 1.85. The Hall–Kier alpha value is -1.35. The quantitative estimate of drug-likeness (QED) is 0.772. The zero-order valence-corrected chi connectivity index (χ0v) is 16.0. The molecule has 1 aromatic heterocycles. The monoisotopic (exact) mass is 401 g/mol. The maximum Gasteiger partial charge on any atom is 0.240 e. The van der Waals surface area contributed by atoms with Crippen LogP contribution in [-0.2, 0) is 15.4 Å². The van der Waals surface area contributed by atoms with Crippen LogP contribution in [-0.4, -0.2) is 20.1 Å². The molecule has 3 rings (SSSR count). The van der Waals surface area contributed by atoms with Gasteiger partial charge in [0.05, 0.1) is 11.0 Å². The fourth-order valence-electron chi connectivity index (χ4n) is 3.42. The van der Waals surface area contributed by atoms with Crippen LogP contribution >= 0.6 is 11.3 Å². The second kappa shape index (κ2) is 7.34. The van der Waals surface area contributed by atoms with Gasteiger partial charge in [0.25, 0.3) is 0 Å². The Morgan fingerprint density at radius 1 is 1.19 bits per heavy atom. The Morgan fingerprint density at radius 2 is 1.81 bits per heavy atom. The molecular formula is C18H21F2NO3S2. The standard InChI is InChI=1S/C18H21F2NO3S2/c1-12(22)16-4-5-17(25-16)18(6-2-3-7-18)11-21-26(23,24)15-9-13(19)8-14(20)10-15/h4-5,8-10,12,21-22H,2-3,6-7,11H2,1H3. The number of hydrogen-bond acceptors (Lipinski definition) is 4. The molecule has 0 saturated heterocycles. The summed E-state index contributed by atoms with van der Waals surface area (Å²) in [7, 11) is -4.02. The number of halogens is 2. The van der Waals surface area contributed by atoms with Gasteiger partial charge in [0.1, 0.15) is 11.6 Å². The Bertz CT molecular complexity index is 867. The van der Waals surface area contributed by atoms with Gasteiger partial charge in [-0.05, 0) is 44.0 Å². The molecular weight excluding hydrogens is 380 g/mol. The highest BCUT2D eigenvalue weighted by Gasteiger charge is 2.38. The lowest BCUT2D eigenvalue weighted by molar-refractivity contribution is 0.203. The van der Waals surface area contributed by atoms with Crippen LogP contribution in [0.25, 0.3) is 0 Å². The van der Waals surface area contributed by atoms with E-state index in [2.05, 4.69) is 4.72 Å². The number of hydrogen-bond donors (Lipinski definition) is 2. The van der Waals surface area contributed by atoms with E-state index in [1.54, 1.807) is 6.92 Å². The molecule has 2 aromatic rings. The molecule has 1 fully saturated rings. The van der Waals surface area contributed by atoms with Crippen molar-refractivity contribution in [3.63, 3.8) is 0 Å². The molecule has 4 nitrogen and oxygen atoms in total. The van der Waals surface area contributed by atoms with Gasteiger partial charge in [0.2, 0.25) is 10.0 Å². The number of nitrogens with one attached hydrogen (secondary N) is 1. The van der Waals surface area contributed by atoms with Crippen molar-refractivity contribution < 1.29 is 22.3 Å². The number of rotatable bonds is 6. The van der Waals surface area contributed by atoms with Gasteiger partial charge >= 0.3 is 0 Å². The third-order valence-corrected chi connectivity index (χ3v) is 7.75. The van der Waals surface area contributed by atoms with Gasteiger partial charge in [0.15, 0.2) is 0 Å². The van der Waals surface area contributed by atoms with Crippen molar-refractivity contribution in [3.8, 4) is 0 Å². The van der Waals surface area contributed by atoms with E-state index < -0.39 is 32.7 Å². The zero-order chi connectivity index (χ0) is 18.9. The van der Waals surface area contributed by atoms with E-state index >= 15 is 0 Å². The summed E-state index contributed by atoms with van der Waals surface area (Å²) in [6.07, 6.45) is 3.05. The molecule has 1 unspecified atom stereocenters. The molecule has 8 heteroatoms. The van der Waals surface area contributed by atoms with Crippen LogP contribution < -0.4 is 4.72 Å². The van der Waals surface area contributed by atoms with Gasteiger partial charge in [-0.2, -0.15) is 0 Å². The van der Waals surface area contributed by atoms with E-state index in [-0.39, 0.29) is 12.0 Å². The maximum atomic E-state index is 13.4. The summed E-state index contributed by atoms with van der Waals surface area (Å²) in [5, 5.41) is 9.75. The number of benzene rings is 1. The van der Waals surface area contributed by atoms with E-state index in [0.717, 1.165) is 47.6 Å². The molecule has 2 N–H and O–H groups in total. The van der Waals surface area contributed by atoms with Crippen molar-refractivity contribution in [2.24, 2.45) is 0 Å². The minimum Gasteiger partial charge on any atom is -0.388 e. The average Bonchev–Trinajstić information content (AvgIpc) is 3.22. The first-order valence-electron chi connectivity index (χ1n) is 8.46. The summed E-state index contributed by atoms with van der Waals surface area (Å²) in [6, 6.07) is 6.06. The van der Waals surface area contributed by atoms with E-state index in [1.165, 1.54) is 11.3 Å². The molecule has 1 atom stereocenters. The van der Waals surface area contributed by atoms with E-state index in [4.69, 9.17) is 0 Å². The van der Waals surface area contributed by atoms with Crippen LogP contribution in [0.5, 0.6) is 0 Å². The number of aliphatic hydroxyl groups excluding tert-OH is 1. The van der Waals surface area contributed by atoms with Crippen molar-refractivity contribution in [1.82, 2.24) is 4.72 Å². The minimum atomic E-state index is -4.02. The molecule has 0 spiro atoms. The normalized spacial score (nSPS) is 18.2. The molecule has 0 amide bonds. The molecule has 1 aliphatic carbocycles. The largest absolute Gasteiger partial charge is 0.388 e. The molecule has 1 saturated carbocycles. The van der Waals surface area contributed by atoms with Gasteiger partial charge in [-0.1, -0.05) is 12.8 Å². The van der Waals surface area contributed by atoms with Gasteiger partial charge in [-0.15, -0.1) is 11.3 Å². The fourth-order valence-corrected chi connectivity index (χ4v) is 5.78. The summed E-state index contributed by atoms with van der Waals surface area (Å²) < 4.78 is 54.3. The third kappa shape index (κ3) is 3.98. The predicted molar refractivity (Wildman–Crippen MR) is 96.6 cm³/mol. The molecule has 142 valence electrons. The SMILES string of the molecule is CC(O)c1ccc(C2(CNS(=O)(=O)c3cc(F)cc(F)c3)CCCC2)s1. The summed E-state index contributed by atoms with van der Waals surface area (Å²) in [5.41, 5.74) is -0.350. The molecule has 0 radical (unpaired) electrons. The first-order valence-corrected chi connectivity index (χ1v) is 10.8. The lowest BCUT2D eigenvalue weighted by Crippen LogP contribution is -2.38. The second-order valence-electron chi connectivity index (χ2n) is 6.80. The summed E-state index contributed by atoms with van der Waals surface area (Å²) in [5.74, 6) is -1.86. The first kappa shape index (κ1) is 19.4. The lowest BCUT2D eigenvalue weighted by Gasteiger charge is -2.28. The molecule has 1 heterocycles. The lowest BCUT2D eigenvalue weighted by atomic mass is 9.85. The van der Waals surface area contributed by atoms with Crippen molar-refractivity contribution >= 4 is 21.4 Å². The summed E-state index contributed by atoms with van der Waals surface area (Å²) in [4.78, 5) is 1.44. The smallest absolute Gasteiger partial charge is 0.240 e. The molecule has 0 aliphatic heterocycles. The molecule has 0 bridgehead atoms. The van der Waals surface area contributed by atoms with Gasteiger partial charge < -0.3 is 5.11 Å². The van der Waals surface area contributed by atoms with E-state index in [9.17, 15) is 22.3 Å². The number of aliphatic hydroxyl groups is 1. The molecule has 1 aliphatic rings. The first-order chi connectivity index (χ1) is 12.2. The Morgan fingerprint density at radius 3 is 2.35 bits per heavy atom. The van der Waals surface area contributed by atoms with Crippen LogP contribution in [0.2, 0.25) is 0 Å². The van der Waals surface area contributed by atoms with E-state index in [1.807, 2.05) is 12.1 Å². The Labute approximate surface area is 155 Å². The van der Waals surface area contributed by atoms with Crippen LogP contribution in [0.15, 0.2) is 35.2 Å². The minimum absolute atomic E-state index is 0.160. The topological polar surface area (TPSA) is 66.4 Å². The van der Waals surface area contributed by atoms with Crippen molar-refractivity contribution in [2.75, 3.05) is 6.54 Å². The van der Waals surface area contributed by atoms with Gasteiger partial charge in [0, 0.05) is 27.8 Å². The average molecular weight is 402 g/mol.